The van der Waals surface area contributed by atoms with Gasteiger partial charge in [-0.2, -0.15) is 0 Å². The van der Waals surface area contributed by atoms with Gasteiger partial charge in [0.15, 0.2) is 11.0 Å². The lowest BCUT2D eigenvalue weighted by molar-refractivity contribution is 0.249. The number of piperidine rings is 1. The van der Waals surface area contributed by atoms with Gasteiger partial charge in [-0.3, -0.25) is 0 Å². The second-order valence-electron chi connectivity index (χ2n) is 4.40. The summed E-state index contributed by atoms with van der Waals surface area (Å²) in [5.74, 6) is 0.932. The predicted molar refractivity (Wildman–Crippen MR) is 66.0 cm³/mol. The lowest BCUT2D eigenvalue weighted by Crippen LogP contribution is -2.42. The maximum atomic E-state index is 5.72. The van der Waals surface area contributed by atoms with Gasteiger partial charge in [-0.15, -0.1) is 10.2 Å². The maximum absolute atomic E-state index is 5.72. The van der Waals surface area contributed by atoms with Gasteiger partial charge in [-0.05, 0) is 39.1 Å². The largest absolute Gasteiger partial charge is 0.355 e. The van der Waals surface area contributed by atoms with Gasteiger partial charge < -0.3 is 9.80 Å². The van der Waals surface area contributed by atoms with Crippen molar-refractivity contribution in [3.63, 3.8) is 0 Å². The highest BCUT2D eigenvalue weighted by Crippen LogP contribution is 2.19. The summed E-state index contributed by atoms with van der Waals surface area (Å²) in [5.41, 5.74) is 0. The number of hydrogen-bond donors (Lipinski definition) is 0. The Bertz CT molecular complexity index is 330. The minimum absolute atomic E-state index is 0.451. The van der Waals surface area contributed by atoms with Crippen molar-refractivity contribution < 1.29 is 0 Å². The molecule has 1 aliphatic rings. The molecule has 2 heterocycles. The number of rotatable bonds is 2. The lowest BCUT2D eigenvalue weighted by Gasteiger charge is -2.35. The second-order valence-corrected chi connectivity index (χ2v) is 4.78. The molecule has 16 heavy (non-hydrogen) atoms. The molecule has 0 saturated carbocycles. The average molecular weight is 241 g/mol. The first-order valence-corrected chi connectivity index (χ1v) is 5.95. The molecular formula is C11H17ClN4. The van der Waals surface area contributed by atoms with Crippen LogP contribution in [0.1, 0.15) is 12.8 Å². The maximum Gasteiger partial charge on any atom is 0.151 e. The number of hydrogen-bond acceptors (Lipinski definition) is 4. The van der Waals surface area contributed by atoms with Crippen LogP contribution in [0.2, 0.25) is 5.15 Å². The third kappa shape index (κ3) is 2.62. The van der Waals surface area contributed by atoms with Gasteiger partial charge >= 0.3 is 0 Å². The van der Waals surface area contributed by atoms with E-state index in [0.29, 0.717) is 11.2 Å². The molecule has 0 bridgehead atoms. The molecule has 1 aliphatic heterocycles. The summed E-state index contributed by atoms with van der Waals surface area (Å²) in [6, 6.07) is 4.42. The fourth-order valence-corrected chi connectivity index (χ4v) is 2.19. The van der Waals surface area contributed by atoms with E-state index < -0.39 is 0 Å². The minimum atomic E-state index is 0.451. The molecule has 0 aromatic carbocycles. The average Bonchev–Trinajstić information content (AvgIpc) is 2.30. The zero-order valence-corrected chi connectivity index (χ0v) is 10.5. The topological polar surface area (TPSA) is 32.3 Å². The molecule has 0 N–H and O–H groups in total. The smallest absolute Gasteiger partial charge is 0.151 e. The molecule has 4 nitrogen and oxygen atoms in total. The molecule has 5 heteroatoms. The van der Waals surface area contributed by atoms with Crippen LogP contribution >= 0.6 is 11.6 Å². The van der Waals surface area contributed by atoms with Gasteiger partial charge in [0.25, 0.3) is 0 Å². The lowest BCUT2D eigenvalue weighted by atomic mass is 10.0. The SMILES string of the molecule is CN(C)C1CCN(c2ccc(Cl)nn2)CC1. The molecular weight excluding hydrogens is 224 g/mol. The van der Waals surface area contributed by atoms with E-state index in [1.54, 1.807) is 6.07 Å². The summed E-state index contributed by atoms with van der Waals surface area (Å²) in [7, 11) is 4.28. The Morgan fingerprint density at radius 2 is 1.94 bits per heavy atom. The first-order valence-electron chi connectivity index (χ1n) is 5.57. The van der Waals surface area contributed by atoms with Crippen molar-refractivity contribution in [3.05, 3.63) is 17.3 Å². The van der Waals surface area contributed by atoms with Crippen molar-refractivity contribution in [1.29, 1.82) is 0 Å². The highest BCUT2D eigenvalue weighted by Gasteiger charge is 2.21. The van der Waals surface area contributed by atoms with Crippen molar-refractivity contribution in [1.82, 2.24) is 15.1 Å². The number of aromatic nitrogens is 2. The summed E-state index contributed by atoms with van der Waals surface area (Å²) >= 11 is 5.72. The first-order chi connectivity index (χ1) is 7.66. The van der Waals surface area contributed by atoms with E-state index in [2.05, 4.69) is 34.1 Å². The van der Waals surface area contributed by atoms with Gasteiger partial charge in [0.05, 0.1) is 0 Å². The van der Waals surface area contributed by atoms with Crippen LogP contribution in [0.25, 0.3) is 0 Å². The van der Waals surface area contributed by atoms with E-state index >= 15 is 0 Å². The summed E-state index contributed by atoms with van der Waals surface area (Å²) in [5, 5.41) is 8.42. The molecule has 0 spiro atoms. The van der Waals surface area contributed by atoms with Crippen molar-refractivity contribution in [2.45, 2.75) is 18.9 Å². The van der Waals surface area contributed by atoms with Crippen molar-refractivity contribution >= 4 is 17.4 Å². The highest BCUT2D eigenvalue weighted by atomic mass is 35.5. The monoisotopic (exact) mass is 240 g/mol. The van der Waals surface area contributed by atoms with E-state index in [1.807, 2.05) is 6.07 Å². The fourth-order valence-electron chi connectivity index (χ4n) is 2.09. The molecule has 0 unspecified atom stereocenters. The Hall–Kier alpha value is -0.870. The van der Waals surface area contributed by atoms with Crippen molar-refractivity contribution in [2.75, 3.05) is 32.1 Å². The fraction of sp³-hybridized carbons (Fsp3) is 0.636. The Morgan fingerprint density at radius 1 is 1.25 bits per heavy atom. The van der Waals surface area contributed by atoms with E-state index in [0.717, 1.165) is 18.9 Å². The summed E-state index contributed by atoms with van der Waals surface area (Å²) in [6.07, 6.45) is 2.36. The normalized spacial score (nSPS) is 18.1. The van der Waals surface area contributed by atoms with Crippen LogP contribution in [0.5, 0.6) is 0 Å². The van der Waals surface area contributed by atoms with Crippen molar-refractivity contribution in [3.8, 4) is 0 Å². The van der Waals surface area contributed by atoms with Crippen LogP contribution in [0.4, 0.5) is 5.82 Å². The third-order valence-corrected chi connectivity index (χ3v) is 3.34. The van der Waals surface area contributed by atoms with Gasteiger partial charge in [0.1, 0.15) is 0 Å². The molecule has 1 aromatic rings. The molecule has 88 valence electrons. The van der Waals surface area contributed by atoms with Gasteiger partial charge in [-0.25, -0.2) is 0 Å². The van der Waals surface area contributed by atoms with Gasteiger partial charge in [-0.1, -0.05) is 11.6 Å². The number of halogens is 1. The van der Waals surface area contributed by atoms with E-state index in [1.165, 1.54) is 12.8 Å². The first kappa shape index (κ1) is 11.6. The predicted octanol–water partition coefficient (Wildman–Crippen LogP) is 1.66. The number of nitrogens with zero attached hydrogens (tertiary/aromatic N) is 4. The van der Waals surface area contributed by atoms with E-state index in [9.17, 15) is 0 Å². The zero-order valence-electron chi connectivity index (χ0n) is 9.73. The zero-order chi connectivity index (χ0) is 11.5. The molecule has 0 radical (unpaired) electrons. The van der Waals surface area contributed by atoms with E-state index in [4.69, 9.17) is 11.6 Å². The van der Waals surface area contributed by atoms with E-state index in [-0.39, 0.29) is 0 Å². The third-order valence-electron chi connectivity index (χ3n) is 3.14. The van der Waals surface area contributed by atoms with Crippen molar-refractivity contribution in [2.24, 2.45) is 0 Å². The Balaban J connectivity index is 1.96. The molecule has 2 rings (SSSR count). The summed E-state index contributed by atoms with van der Waals surface area (Å²) < 4.78 is 0. The Labute approximate surface area is 101 Å². The Kier molecular flexibility index (Phi) is 3.61. The van der Waals surface area contributed by atoms with Crippen LogP contribution in [-0.4, -0.2) is 48.3 Å². The molecule has 0 atom stereocenters. The Morgan fingerprint density at radius 3 is 2.44 bits per heavy atom. The molecule has 1 fully saturated rings. The minimum Gasteiger partial charge on any atom is -0.355 e. The molecule has 1 saturated heterocycles. The summed E-state index contributed by atoms with van der Waals surface area (Å²) in [6.45, 7) is 2.08. The quantitative estimate of drug-likeness (QED) is 0.787. The molecule has 1 aromatic heterocycles. The number of anilines is 1. The van der Waals surface area contributed by atoms with Gasteiger partial charge in [0.2, 0.25) is 0 Å². The van der Waals surface area contributed by atoms with Crippen LogP contribution in [-0.2, 0) is 0 Å². The van der Waals surface area contributed by atoms with Crippen LogP contribution < -0.4 is 4.90 Å². The van der Waals surface area contributed by atoms with Crippen LogP contribution in [0.15, 0.2) is 12.1 Å². The standard InChI is InChI=1S/C11H17ClN4/c1-15(2)9-5-7-16(8-6-9)11-4-3-10(12)13-14-11/h3-4,9H,5-8H2,1-2H3. The molecule has 0 amide bonds. The van der Waals surface area contributed by atoms with Crippen LogP contribution in [0, 0.1) is 0 Å². The highest BCUT2D eigenvalue weighted by molar-refractivity contribution is 6.29. The molecule has 0 aliphatic carbocycles. The summed E-state index contributed by atoms with van der Waals surface area (Å²) in [4.78, 5) is 4.56. The van der Waals surface area contributed by atoms with Crippen LogP contribution in [0.3, 0.4) is 0 Å². The second kappa shape index (κ2) is 4.97. The van der Waals surface area contributed by atoms with Gasteiger partial charge in [0, 0.05) is 19.1 Å².